The topological polar surface area (TPSA) is 47.3 Å². The molecule has 0 spiro atoms. The van der Waals surface area contributed by atoms with Crippen LogP contribution < -0.4 is 4.74 Å². The quantitative estimate of drug-likeness (QED) is 0.861. The zero-order valence-corrected chi connectivity index (χ0v) is 9.84. The van der Waals surface area contributed by atoms with Crippen LogP contribution in [0, 0.1) is 0 Å². The second-order valence-corrected chi connectivity index (χ2v) is 3.89. The highest BCUT2D eigenvalue weighted by atomic mass is 16.5. The van der Waals surface area contributed by atoms with Crippen molar-refractivity contribution in [2.24, 2.45) is 0 Å². The Morgan fingerprint density at radius 2 is 2.06 bits per heavy atom. The minimum absolute atomic E-state index is 0.268. The summed E-state index contributed by atoms with van der Waals surface area (Å²) < 4.78 is 7.46. The molecule has 1 N–H and O–H groups in total. The maximum absolute atomic E-state index is 9.15. The van der Waals surface area contributed by atoms with E-state index in [1.165, 1.54) is 0 Å². The lowest BCUT2D eigenvalue weighted by molar-refractivity contribution is 0.305. The summed E-state index contributed by atoms with van der Waals surface area (Å²) in [5, 5.41) is 13.3. The zero-order valence-electron chi connectivity index (χ0n) is 9.84. The van der Waals surface area contributed by atoms with Crippen LogP contribution >= 0.6 is 0 Å². The van der Waals surface area contributed by atoms with Crippen LogP contribution in [0.2, 0.25) is 0 Å². The van der Waals surface area contributed by atoms with E-state index in [0.717, 1.165) is 24.3 Å². The molecule has 90 valence electrons. The summed E-state index contributed by atoms with van der Waals surface area (Å²) >= 11 is 0. The predicted molar refractivity (Wildman–Crippen MR) is 65.0 cm³/mol. The molecule has 4 nitrogen and oxygen atoms in total. The van der Waals surface area contributed by atoms with Crippen LogP contribution in [0.15, 0.2) is 36.7 Å². The number of rotatable bonds is 5. The molecule has 1 aromatic carbocycles. The summed E-state index contributed by atoms with van der Waals surface area (Å²) in [7, 11) is 0. The molecule has 0 atom stereocenters. The Hall–Kier alpha value is -1.97. The summed E-state index contributed by atoms with van der Waals surface area (Å²) in [4.78, 5) is 0. The molecular formula is C13H16N2O2. The highest BCUT2D eigenvalue weighted by Gasteiger charge is 1.99. The number of aromatic nitrogens is 2. The normalized spacial score (nSPS) is 10.4. The minimum atomic E-state index is 0.268. The minimum Gasteiger partial charge on any atom is -0.508 e. The van der Waals surface area contributed by atoms with Crippen LogP contribution in [0.5, 0.6) is 11.5 Å². The molecule has 0 bridgehead atoms. The van der Waals surface area contributed by atoms with E-state index >= 15 is 0 Å². The van der Waals surface area contributed by atoms with Gasteiger partial charge in [0, 0.05) is 6.54 Å². The van der Waals surface area contributed by atoms with Crippen LogP contribution in [0.1, 0.15) is 18.9 Å². The number of hydrogen-bond donors (Lipinski definition) is 1. The highest BCUT2D eigenvalue weighted by Crippen LogP contribution is 2.14. The molecule has 0 aliphatic rings. The number of benzene rings is 1. The van der Waals surface area contributed by atoms with Crippen LogP contribution in [-0.2, 0) is 13.2 Å². The molecule has 0 saturated heterocycles. The average Bonchev–Trinajstić information content (AvgIpc) is 2.77. The van der Waals surface area contributed by atoms with Gasteiger partial charge in [-0.25, -0.2) is 0 Å². The summed E-state index contributed by atoms with van der Waals surface area (Å²) in [6.45, 7) is 3.50. The lowest BCUT2D eigenvalue weighted by Gasteiger charge is -2.03. The van der Waals surface area contributed by atoms with Gasteiger partial charge >= 0.3 is 0 Å². The summed E-state index contributed by atoms with van der Waals surface area (Å²) in [5.74, 6) is 1.04. The maximum Gasteiger partial charge on any atom is 0.157 e. The van der Waals surface area contributed by atoms with Crippen LogP contribution in [0.4, 0.5) is 0 Å². The lowest BCUT2D eigenvalue weighted by Crippen LogP contribution is -1.96. The van der Waals surface area contributed by atoms with E-state index in [1.807, 2.05) is 23.0 Å². The molecule has 1 aromatic heterocycles. The lowest BCUT2D eigenvalue weighted by atomic mass is 10.2. The molecule has 17 heavy (non-hydrogen) atoms. The van der Waals surface area contributed by atoms with Gasteiger partial charge in [-0.3, -0.25) is 4.68 Å². The largest absolute Gasteiger partial charge is 0.508 e. The second-order valence-electron chi connectivity index (χ2n) is 3.89. The summed E-state index contributed by atoms with van der Waals surface area (Å²) in [5.41, 5.74) is 1.02. The van der Waals surface area contributed by atoms with E-state index in [0.29, 0.717) is 6.61 Å². The number of aryl methyl sites for hydroxylation is 1. The second kappa shape index (κ2) is 5.39. The Morgan fingerprint density at radius 3 is 2.76 bits per heavy atom. The standard InChI is InChI=1S/C13H16N2O2/c1-2-7-15-9-13(8-14-15)17-10-11-3-5-12(16)6-4-11/h3-6,8-9,16H,2,7,10H2,1H3. The Labute approximate surface area is 100 Å². The Morgan fingerprint density at radius 1 is 1.29 bits per heavy atom. The Kier molecular flexibility index (Phi) is 3.65. The van der Waals surface area contributed by atoms with Gasteiger partial charge in [0.1, 0.15) is 12.4 Å². The van der Waals surface area contributed by atoms with Crippen LogP contribution in [-0.4, -0.2) is 14.9 Å². The summed E-state index contributed by atoms with van der Waals surface area (Å²) in [6, 6.07) is 6.98. The van der Waals surface area contributed by atoms with E-state index in [9.17, 15) is 0 Å². The number of nitrogens with zero attached hydrogens (tertiary/aromatic N) is 2. The molecule has 2 aromatic rings. The Balaban J connectivity index is 1.90. The first-order valence-corrected chi connectivity index (χ1v) is 5.71. The fourth-order valence-corrected chi connectivity index (χ4v) is 1.53. The average molecular weight is 232 g/mol. The third kappa shape index (κ3) is 3.24. The van der Waals surface area contributed by atoms with Gasteiger partial charge in [0.2, 0.25) is 0 Å². The molecule has 0 aliphatic heterocycles. The van der Waals surface area contributed by atoms with Gasteiger partial charge < -0.3 is 9.84 Å². The fourth-order valence-electron chi connectivity index (χ4n) is 1.53. The first kappa shape index (κ1) is 11.5. The van der Waals surface area contributed by atoms with Gasteiger partial charge in [-0.1, -0.05) is 19.1 Å². The van der Waals surface area contributed by atoms with Crippen molar-refractivity contribution >= 4 is 0 Å². The maximum atomic E-state index is 9.15. The third-order valence-corrected chi connectivity index (χ3v) is 2.40. The van der Waals surface area contributed by atoms with Crippen molar-refractivity contribution in [3.8, 4) is 11.5 Å². The fraction of sp³-hybridized carbons (Fsp3) is 0.308. The van der Waals surface area contributed by atoms with Crippen molar-refractivity contribution in [3.63, 3.8) is 0 Å². The van der Waals surface area contributed by atoms with Crippen molar-refractivity contribution < 1.29 is 9.84 Å². The third-order valence-electron chi connectivity index (χ3n) is 2.40. The molecule has 0 saturated carbocycles. The molecule has 0 unspecified atom stereocenters. The van der Waals surface area contributed by atoms with E-state index in [1.54, 1.807) is 18.3 Å². The van der Waals surface area contributed by atoms with Crippen molar-refractivity contribution in [2.75, 3.05) is 0 Å². The number of hydrogen-bond acceptors (Lipinski definition) is 3. The van der Waals surface area contributed by atoms with E-state index in [2.05, 4.69) is 12.0 Å². The SMILES string of the molecule is CCCn1cc(OCc2ccc(O)cc2)cn1. The van der Waals surface area contributed by atoms with E-state index in [4.69, 9.17) is 9.84 Å². The molecule has 0 fully saturated rings. The van der Waals surface area contributed by atoms with E-state index < -0.39 is 0 Å². The van der Waals surface area contributed by atoms with Crippen LogP contribution in [0.3, 0.4) is 0 Å². The van der Waals surface area contributed by atoms with Crippen LogP contribution in [0.25, 0.3) is 0 Å². The van der Waals surface area contributed by atoms with Crippen molar-refractivity contribution in [1.82, 2.24) is 9.78 Å². The first-order valence-electron chi connectivity index (χ1n) is 5.71. The molecule has 0 aliphatic carbocycles. The molecule has 0 radical (unpaired) electrons. The zero-order chi connectivity index (χ0) is 12.1. The molecule has 1 heterocycles. The van der Waals surface area contributed by atoms with Gasteiger partial charge in [-0.2, -0.15) is 5.10 Å². The van der Waals surface area contributed by atoms with Gasteiger partial charge in [0.15, 0.2) is 5.75 Å². The number of phenols is 1. The van der Waals surface area contributed by atoms with Crippen molar-refractivity contribution in [3.05, 3.63) is 42.2 Å². The molecule has 0 amide bonds. The van der Waals surface area contributed by atoms with Gasteiger partial charge in [-0.05, 0) is 24.1 Å². The predicted octanol–water partition coefficient (Wildman–Crippen LogP) is 2.58. The smallest absolute Gasteiger partial charge is 0.157 e. The highest BCUT2D eigenvalue weighted by molar-refractivity contribution is 5.26. The van der Waals surface area contributed by atoms with Gasteiger partial charge in [0.05, 0.1) is 12.4 Å². The first-order chi connectivity index (χ1) is 8.28. The monoisotopic (exact) mass is 232 g/mol. The molecule has 4 heteroatoms. The van der Waals surface area contributed by atoms with Crippen molar-refractivity contribution in [1.29, 1.82) is 0 Å². The van der Waals surface area contributed by atoms with Gasteiger partial charge in [-0.15, -0.1) is 0 Å². The molecule has 2 rings (SSSR count). The number of aromatic hydroxyl groups is 1. The molecular weight excluding hydrogens is 216 g/mol. The number of phenolic OH excluding ortho intramolecular Hbond substituents is 1. The van der Waals surface area contributed by atoms with Gasteiger partial charge in [0.25, 0.3) is 0 Å². The van der Waals surface area contributed by atoms with E-state index in [-0.39, 0.29) is 5.75 Å². The number of ether oxygens (including phenoxy) is 1. The summed E-state index contributed by atoms with van der Waals surface area (Å²) in [6.07, 6.45) is 4.67. The van der Waals surface area contributed by atoms with Crippen molar-refractivity contribution in [2.45, 2.75) is 26.5 Å². The Bertz CT molecular complexity index is 463.